The van der Waals surface area contributed by atoms with Crippen LogP contribution in [0, 0.1) is 5.41 Å². The summed E-state index contributed by atoms with van der Waals surface area (Å²) in [5, 5.41) is 4.11. The lowest BCUT2D eigenvalue weighted by atomic mass is 9.88. The van der Waals surface area contributed by atoms with Crippen LogP contribution in [0.25, 0.3) is 0 Å². The Bertz CT molecular complexity index is 319. The summed E-state index contributed by atoms with van der Waals surface area (Å²) in [6.45, 7) is 9.44. The Morgan fingerprint density at radius 3 is 2.62 bits per heavy atom. The van der Waals surface area contributed by atoms with Crippen LogP contribution in [0.15, 0.2) is 0 Å². The van der Waals surface area contributed by atoms with Gasteiger partial charge in [-0.2, -0.15) is 4.37 Å². The van der Waals surface area contributed by atoms with Crippen molar-refractivity contribution in [2.75, 3.05) is 19.0 Å². The largest absolute Gasteiger partial charge is 0.373 e. The second-order valence-corrected chi connectivity index (χ2v) is 5.62. The molecule has 16 heavy (non-hydrogen) atoms. The molecule has 5 heteroatoms. The van der Waals surface area contributed by atoms with Crippen molar-refractivity contribution in [2.45, 2.75) is 40.2 Å². The Morgan fingerprint density at radius 2 is 2.12 bits per heavy atom. The van der Waals surface area contributed by atoms with Crippen LogP contribution in [-0.4, -0.2) is 23.0 Å². The van der Waals surface area contributed by atoms with Crippen molar-refractivity contribution < 1.29 is 4.74 Å². The number of ether oxygens (including phenoxy) is 1. The molecule has 1 aromatic heterocycles. The smallest absolute Gasteiger partial charge is 0.202 e. The van der Waals surface area contributed by atoms with E-state index in [1.165, 1.54) is 11.5 Å². The van der Waals surface area contributed by atoms with E-state index in [9.17, 15) is 0 Å². The third-order valence-electron chi connectivity index (χ3n) is 2.22. The number of rotatable bonds is 5. The molecule has 0 spiro atoms. The van der Waals surface area contributed by atoms with E-state index in [0.717, 1.165) is 23.9 Å². The third-order valence-corrected chi connectivity index (χ3v) is 2.91. The molecule has 0 aliphatic heterocycles. The molecular formula is C11H21N3OS. The maximum absolute atomic E-state index is 5.47. The summed E-state index contributed by atoms with van der Waals surface area (Å²) >= 11 is 1.40. The quantitative estimate of drug-likeness (QED) is 0.863. The average Bonchev–Trinajstić information content (AvgIpc) is 2.62. The number of nitrogens with one attached hydrogen (secondary N) is 1. The number of hydrogen-bond donors (Lipinski definition) is 1. The molecule has 4 nitrogen and oxygen atoms in total. The first-order chi connectivity index (χ1) is 7.49. The highest BCUT2D eigenvalue weighted by molar-refractivity contribution is 7.09. The highest BCUT2D eigenvalue weighted by atomic mass is 32.1. The molecule has 1 rings (SSSR count). The molecular weight excluding hydrogens is 222 g/mol. The fraction of sp³-hybridized carbons (Fsp3) is 0.818. The number of anilines is 1. The summed E-state index contributed by atoms with van der Waals surface area (Å²) < 4.78 is 9.82. The minimum atomic E-state index is -0.0547. The van der Waals surface area contributed by atoms with Crippen LogP contribution >= 0.6 is 11.5 Å². The molecule has 0 aliphatic carbocycles. The van der Waals surface area contributed by atoms with Crippen LogP contribution in [0.2, 0.25) is 0 Å². The molecule has 1 N–H and O–H groups in total. The molecule has 0 aliphatic rings. The van der Waals surface area contributed by atoms with Crippen molar-refractivity contribution in [2.24, 2.45) is 5.41 Å². The SMILES string of the molecule is CCCNc1nc(C(OC)C(C)(C)C)ns1. The van der Waals surface area contributed by atoms with E-state index in [-0.39, 0.29) is 11.5 Å². The predicted molar refractivity (Wildman–Crippen MR) is 67.9 cm³/mol. The molecule has 0 bridgehead atoms. The van der Waals surface area contributed by atoms with E-state index in [1.54, 1.807) is 7.11 Å². The van der Waals surface area contributed by atoms with Gasteiger partial charge < -0.3 is 10.1 Å². The summed E-state index contributed by atoms with van der Waals surface area (Å²) in [5.74, 6) is 0.776. The van der Waals surface area contributed by atoms with Crippen molar-refractivity contribution >= 4 is 16.7 Å². The summed E-state index contributed by atoms with van der Waals surface area (Å²) in [4.78, 5) is 4.46. The number of methoxy groups -OCH3 is 1. The number of hydrogen-bond acceptors (Lipinski definition) is 5. The van der Waals surface area contributed by atoms with Gasteiger partial charge in [-0.15, -0.1) is 0 Å². The Labute approximate surface area is 102 Å². The minimum absolute atomic E-state index is 0.0118. The first kappa shape index (κ1) is 13.4. The lowest BCUT2D eigenvalue weighted by Crippen LogP contribution is -2.21. The van der Waals surface area contributed by atoms with Crippen LogP contribution in [0.1, 0.15) is 46.0 Å². The lowest BCUT2D eigenvalue weighted by Gasteiger charge is -2.26. The normalized spacial score (nSPS) is 13.8. The van der Waals surface area contributed by atoms with Gasteiger partial charge in [-0.3, -0.25) is 0 Å². The van der Waals surface area contributed by atoms with Crippen LogP contribution in [-0.2, 0) is 4.74 Å². The molecule has 0 aromatic carbocycles. The van der Waals surface area contributed by atoms with E-state index >= 15 is 0 Å². The van der Waals surface area contributed by atoms with Crippen molar-refractivity contribution in [3.05, 3.63) is 5.82 Å². The van der Waals surface area contributed by atoms with Crippen LogP contribution in [0.4, 0.5) is 5.13 Å². The molecule has 0 radical (unpaired) electrons. The molecule has 0 amide bonds. The second-order valence-electron chi connectivity index (χ2n) is 4.87. The van der Waals surface area contributed by atoms with Gasteiger partial charge in [0.1, 0.15) is 6.10 Å². The lowest BCUT2D eigenvalue weighted by molar-refractivity contribution is 0.00960. The average molecular weight is 243 g/mol. The zero-order valence-corrected chi connectivity index (χ0v) is 11.5. The van der Waals surface area contributed by atoms with Gasteiger partial charge in [0.15, 0.2) is 5.82 Å². The Kier molecular flexibility index (Phi) is 4.68. The van der Waals surface area contributed by atoms with Gasteiger partial charge in [0.25, 0.3) is 0 Å². The van der Waals surface area contributed by atoms with Crippen molar-refractivity contribution in [3.8, 4) is 0 Å². The molecule has 0 saturated heterocycles. The van der Waals surface area contributed by atoms with Crippen molar-refractivity contribution in [3.63, 3.8) is 0 Å². The van der Waals surface area contributed by atoms with Gasteiger partial charge in [0, 0.05) is 25.2 Å². The standard InChI is InChI=1S/C11H21N3OS/c1-6-7-12-10-13-9(14-16-10)8(15-5)11(2,3)4/h8H,6-7H2,1-5H3,(H,12,13,14). The van der Waals surface area contributed by atoms with Gasteiger partial charge in [0.05, 0.1) is 0 Å². The van der Waals surface area contributed by atoms with Gasteiger partial charge in [0.2, 0.25) is 5.13 Å². The van der Waals surface area contributed by atoms with E-state index in [1.807, 2.05) is 0 Å². The first-order valence-electron chi connectivity index (χ1n) is 5.59. The Hall–Kier alpha value is -0.680. The maximum atomic E-state index is 5.47. The molecule has 0 fully saturated rings. The zero-order chi connectivity index (χ0) is 12.2. The highest BCUT2D eigenvalue weighted by Crippen LogP contribution is 2.34. The van der Waals surface area contributed by atoms with Crippen LogP contribution < -0.4 is 5.32 Å². The van der Waals surface area contributed by atoms with Gasteiger partial charge in [-0.05, 0) is 11.8 Å². The van der Waals surface area contributed by atoms with E-state index < -0.39 is 0 Å². The fourth-order valence-electron chi connectivity index (χ4n) is 1.49. The summed E-state index contributed by atoms with van der Waals surface area (Å²) in [7, 11) is 1.70. The molecule has 1 heterocycles. The summed E-state index contributed by atoms with van der Waals surface area (Å²) in [5.41, 5.74) is 0.0118. The first-order valence-corrected chi connectivity index (χ1v) is 6.36. The summed E-state index contributed by atoms with van der Waals surface area (Å²) in [6, 6.07) is 0. The van der Waals surface area contributed by atoms with Gasteiger partial charge in [-0.1, -0.05) is 27.7 Å². The minimum Gasteiger partial charge on any atom is -0.373 e. The predicted octanol–water partition coefficient (Wildman–Crippen LogP) is 3.09. The molecule has 1 aromatic rings. The maximum Gasteiger partial charge on any atom is 0.202 e. The number of aromatic nitrogens is 2. The van der Waals surface area contributed by atoms with Gasteiger partial charge >= 0.3 is 0 Å². The monoisotopic (exact) mass is 243 g/mol. The molecule has 1 atom stereocenters. The fourth-order valence-corrected chi connectivity index (χ4v) is 2.11. The van der Waals surface area contributed by atoms with E-state index in [4.69, 9.17) is 4.74 Å². The summed E-state index contributed by atoms with van der Waals surface area (Å²) in [6.07, 6.45) is 1.03. The number of nitrogens with zero attached hydrogens (tertiary/aromatic N) is 2. The molecule has 92 valence electrons. The van der Waals surface area contributed by atoms with Crippen molar-refractivity contribution in [1.82, 2.24) is 9.36 Å². The zero-order valence-electron chi connectivity index (χ0n) is 10.7. The van der Waals surface area contributed by atoms with E-state index in [0.29, 0.717) is 0 Å². The second kappa shape index (κ2) is 5.59. The molecule has 1 unspecified atom stereocenters. The Morgan fingerprint density at radius 1 is 1.44 bits per heavy atom. The van der Waals surface area contributed by atoms with Gasteiger partial charge in [-0.25, -0.2) is 4.98 Å². The Balaban J connectivity index is 2.75. The molecule has 0 saturated carbocycles. The highest BCUT2D eigenvalue weighted by Gasteiger charge is 2.29. The van der Waals surface area contributed by atoms with Crippen molar-refractivity contribution in [1.29, 1.82) is 0 Å². The van der Waals surface area contributed by atoms with Crippen LogP contribution in [0.5, 0.6) is 0 Å². The van der Waals surface area contributed by atoms with Crippen LogP contribution in [0.3, 0.4) is 0 Å². The third kappa shape index (κ3) is 3.42. The van der Waals surface area contributed by atoms with E-state index in [2.05, 4.69) is 42.4 Å². The topological polar surface area (TPSA) is 47.0 Å².